The van der Waals surface area contributed by atoms with E-state index in [2.05, 4.69) is 29.8 Å². The van der Waals surface area contributed by atoms with Crippen LogP contribution >= 0.6 is 15.9 Å². The maximum Gasteiger partial charge on any atom is 0.0148 e. The number of halogens is 1. The van der Waals surface area contributed by atoms with Gasteiger partial charge in [0.15, 0.2) is 0 Å². The zero-order valence-corrected chi connectivity index (χ0v) is 9.94. The maximum absolute atomic E-state index is 3.75. The normalized spacial score (nSPS) is 33.2. The van der Waals surface area contributed by atoms with Gasteiger partial charge in [-0.3, -0.25) is 0 Å². The van der Waals surface area contributed by atoms with E-state index >= 15 is 0 Å². The Balaban J connectivity index is 2.29. The lowest BCUT2D eigenvalue weighted by molar-refractivity contribution is 0.257. The van der Waals surface area contributed by atoms with Gasteiger partial charge < -0.3 is 0 Å². The maximum atomic E-state index is 3.75. The fourth-order valence-electron chi connectivity index (χ4n) is 2.37. The van der Waals surface area contributed by atoms with Crippen molar-refractivity contribution in [2.75, 3.05) is 0 Å². The van der Waals surface area contributed by atoms with Gasteiger partial charge in [-0.1, -0.05) is 55.5 Å². The zero-order chi connectivity index (χ0) is 8.97. The second-order valence-corrected chi connectivity index (χ2v) is 5.58. The first kappa shape index (κ1) is 10.6. The van der Waals surface area contributed by atoms with Crippen LogP contribution in [0.25, 0.3) is 0 Å². The van der Waals surface area contributed by atoms with Crippen molar-refractivity contribution in [3.05, 3.63) is 0 Å². The van der Waals surface area contributed by atoms with Gasteiger partial charge in [-0.2, -0.15) is 0 Å². The molecule has 0 saturated heterocycles. The monoisotopic (exact) mass is 232 g/mol. The van der Waals surface area contributed by atoms with E-state index in [9.17, 15) is 0 Å². The first-order chi connectivity index (χ1) is 5.74. The molecule has 1 rings (SSSR count). The lowest BCUT2D eigenvalue weighted by Gasteiger charge is -2.30. The Morgan fingerprint density at radius 3 is 2.75 bits per heavy atom. The molecule has 1 fully saturated rings. The molecular formula is C11H21Br. The van der Waals surface area contributed by atoms with Gasteiger partial charge >= 0.3 is 0 Å². The molecule has 0 spiro atoms. The largest absolute Gasteiger partial charge is 0.0891 e. The van der Waals surface area contributed by atoms with E-state index in [0.717, 1.165) is 16.7 Å². The molecule has 0 aromatic rings. The van der Waals surface area contributed by atoms with Crippen molar-refractivity contribution in [3.63, 3.8) is 0 Å². The number of hydrogen-bond acceptors (Lipinski definition) is 0. The highest BCUT2D eigenvalue weighted by Crippen LogP contribution is 2.35. The van der Waals surface area contributed by atoms with E-state index in [4.69, 9.17) is 0 Å². The lowest BCUT2D eigenvalue weighted by Crippen LogP contribution is -2.21. The average molecular weight is 233 g/mol. The van der Waals surface area contributed by atoms with Gasteiger partial charge in [-0.15, -0.1) is 0 Å². The molecule has 0 amide bonds. The molecule has 1 aliphatic carbocycles. The van der Waals surface area contributed by atoms with Crippen LogP contribution in [0, 0.1) is 11.8 Å². The number of rotatable bonds is 3. The third-order valence-electron chi connectivity index (χ3n) is 3.20. The summed E-state index contributed by atoms with van der Waals surface area (Å²) in [6.07, 6.45) is 8.50. The van der Waals surface area contributed by atoms with E-state index in [-0.39, 0.29) is 0 Å². The molecule has 0 radical (unpaired) electrons. The van der Waals surface area contributed by atoms with Crippen molar-refractivity contribution in [1.82, 2.24) is 0 Å². The molecule has 12 heavy (non-hydrogen) atoms. The van der Waals surface area contributed by atoms with Crippen molar-refractivity contribution in [3.8, 4) is 0 Å². The van der Waals surface area contributed by atoms with Crippen LogP contribution in [-0.2, 0) is 0 Å². The molecule has 0 aromatic heterocycles. The Morgan fingerprint density at radius 2 is 2.17 bits per heavy atom. The van der Waals surface area contributed by atoms with Gasteiger partial charge in [0.1, 0.15) is 0 Å². The topological polar surface area (TPSA) is 0 Å². The minimum atomic E-state index is 0.815. The summed E-state index contributed by atoms with van der Waals surface area (Å²) in [5.41, 5.74) is 0. The van der Waals surface area contributed by atoms with Crippen molar-refractivity contribution in [2.24, 2.45) is 11.8 Å². The molecule has 0 nitrogen and oxygen atoms in total. The molecule has 72 valence electrons. The van der Waals surface area contributed by atoms with Crippen molar-refractivity contribution >= 4 is 15.9 Å². The van der Waals surface area contributed by atoms with Crippen LogP contribution in [0.2, 0.25) is 0 Å². The molecular weight excluding hydrogens is 212 g/mol. The van der Waals surface area contributed by atoms with Gasteiger partial charge in [0, 0.05) is 4.83 Å². The molecule has 0 heterocycles. The fourth-order valence-corrected chi connectivity index (χ4v) is 3.18. The van der Waals surface area contributed by atoms with Crippen LogP contribution in [0.4, 0.5) is 0 Å². The molecule has 1 saturated carbocycles. The third kappa shape index (κ3) is 3.08. The summed E-state index contributed by atoms with van der Waals surface area (Å²) < 4.78 is 0. The molecule has 0 aromatic carbocycles. The van der Waals surface area contributed by atoms with Gasteiger partial charge in [-0.25, -0.2) is 0 Å². The van der Waals surface area contributed by atoms with E-state index in [1.807, 2.05) is 0 Å². The molecule has 1 aliphatic rings. The van der Waals surface area contributed by atoms with Crippen LogP contribution in [0.5, 0.6) is 0 Å². The minimum Gasteiger partial charge on any atom is -0.0891 e. The predicted molar refractivity (Wildman–Crippen MR) is 58.7 cm³/mol. The lowest BCUT2D eigenvalue weighted by atomic mass is 9.79. The Hall–Kier alpha value is 0.480. The highest BCUT2D eigenvalue weighted by molar-refractivity contribution is 9.09. The van der Waals surface area contributed by atoms with E-state index in [1.54, 1.807) is 0 Å². The Kier molecular flexibility index (Phi) is 4.63. The minimum absolute atomic E-state index is 0.815. The van der Waals surface area contributed by atoms with E-state index in [1.165, 1.54) is 38.5 Å². The molecule has 0 aliphatic heterocycles. The molecule has 3 unspecified atom stereocenters. The van der Waals surface area contributed by atoms with Gasteiger partial charge in [-0.05, 0) is 24.7 Å². The van der Waals surface area contributed by atoms with Crippen molar-refractivity contribution in [1.29, 1.82) is 0 Å². The van der Waals surface area contributed by atoms with Crippen LogP contribution in [0.3, 0.4) is 0 Å². The van der Waals surface area contributed by atoms with Crippen LogP contribution in [0.1, 0.15) is 52.4 Å². The molecule has 1 heteroatoms. The Bertz CT molecular complexity index is 122. The summed E-state index contributed by atoms with van der Waals surface area (Å²) in [4.78, 5) is 0.815. The van der Waals surface area contributed by atoms with Gasteiger partial charge in [0.05, 0.1) is 0 Å². The molecule has 0 bridgehead atoms. The molecule has 3 atom stereocenters. The van der Waals surface area contributed by atoms with Crippen LogP contribution in [-0.4, -0.2) is 4.83 Å². The fraction of sp³-hybridized carbons (Fsp3) is 1.00. The quantitative estimate of drug-likeness (QED) is 0.634. The first-order valence-corrected chi connectivity index (χ1v) is 6.29. The highest BCUT2D eigenvalue weighted by atomic mass is 79.9. The second-order valence-electron chi connectivity index (χ2n) is 4.29. The third-order valence-corrected chi connectivity index (χ3v) is 4.03. The number of hydrogen-bond donors (Lipinski definition) is 0. The van der Waals surface area contributed by atoms with Crippen molar-refractivity contribution < 1.29 is 0 Å². The standard InChI is InChI=1S/C11H21Br/c1-3-5-9(2)10-6-4-7-11(12)8-10/h9-11H,3-8H2,1-2H3. The zero-order valence-electron chi connectivity index (χ0n) is 8.35. The van der Waals surface area contributed by atoms with Gasteiger partial charge in [0.2, 0.25) is 0 Å². The summed E-state index contributed by atoms with van der Waals surface area (Å²) in [5, 5.41) is 0. The SMILES string of the molecule is CCCC(C)C1CCCC(Br)C1. The summed E-state index contributed by atoms with van der Waals surface area (Å²) in [5.74, 6) is 1.96. The highest BCUT2D eigenvalue weighted by Gasteiger charge is 2.23. The van der Waals surface area contributed by atoms with Crippen LogP contribution in [0.15, 0.2) is 0 Å². The number of alkyl halides is 1. The molecule has 0 N–H and O–H groups in total. The van der Waals surface area contributed by atoms with Crippen LogP contribution < -0.4 is 0 Å². The first-order valence-electron chi connectivity index (χ1n) is 5.38. The Morgan fingerprint density at radius 1 is 1.42 bits per heavy atom. The predicted octanol–water partition coefficient (Wildman–Crippen LogP) is 4.38. The summed E-state index contributed by atoms with van der Waals surface area (Å²) in [6, 6.07) is 0. The van der Waals surface area contributed by atoms with Crippen molar-refractivity contribution in [2.45, 2.75) is 57.2 Å². The summed E-state index contributed by atoms with van der Waals surface area (Å²) in [7, 11) is 0. The Labute approximate surface area is 85.3 Å². The van der Waals surface area contributed by atoms with Gasteiger partial charge in [0.25, 0.3) is 0 Å². The van der Waals surface area contributed by atoms with E-state index < -0.39 is 0 Å². The smallest absolute Gasteiger partial charge is 0.0148 e. The second kappa shape index (κ2) is 5.26. The average Bonchev–Trinajstić information content (AvgIpc) is 2.05. The summed E-state index contributed by atoms with van der Waals surface area (Å²) >= 11 is 3.75. The summed E-state index contributed by atoms with van der Waals surface area (Å²) in [6.45, 7) is 4.73. The van der Waals surface area contributed by atoms with E-state index in [0.29, 0.717) is 0 Å².